The zero-order valence-corrected chi connectivity index (χ0v) is 15.3. The van der Waals surface area contributed by atoms with E-state index in [-0.39, 0.29) is 28.7 Å². The fourth-order valence-electron chi connectivity index (χ4n) is 2.83. The molecule has 1 amide bonds. The molecule has 0 radical (unpaired) electrons. The fraction of sp³-hybridized carbons (Fsp3) is 0.438. The standard InChI is InChI=1S/C16H18ClNO6S/c1-10(19)7-15(20)18-9-11(8-13(18)16(21)24-2)25(22,23)14-6-4-3-5-12(14)17/h3-6,11,13H,7-9H2,1-2H3/t11-,13+/m1/s1. The predicted octanol–water partition coefficient (Wildman–Crippen LogP) is 1.24. The number of esters is 1. The van der Waals surface area contributed by atoms with Gasteiger partial charge in [0.15, 0.2) is 9.84 Å². The molecular formula is C16H18ClNO6S. The lowest BCUT2D eigenvalue weighted by molar-refractivity contribution is -0.151. The summed E-state index contributed by atoms with van der Waals surface area (Å²) in [6.45, 7) is 1.05. The Morgan fingerprint density at radius 1 is 1.28 bits per heavy atom. The fourth-order valence-corrected chi connectivity index (χ4v) is 5.04. The van der Waals surface area contributed by atoms with E-state index < -0.39 is 39.4 Å². The lowest BCUT2D eigenvalue weighted by Crippen LogP contribution is -2.41. The molecule has 1 aliphatic heterocycles. The molecule has 0 aliphatic carbocycles. The van der Waals surface area contributed by atoms with Crippen LogP contribution in [0.3, 0.4) is 0 Å². The number of ketones is 1. The van der Waals surface area contributed by atoms with Crippen LogP contribution >= 0.6 is 11.6 Å². The molecule has 25 heavy (non-hydrogen) atoms. The van der Waals surface area contributed by atoms with Crippen molar-refractivity contribution < 1.29 is 27.5 Å². The van der Waals surface area contributed by atoms with E-state index in [0.29, 0.717) is 0 Å². The summed E-state index contributed by atoms with van der Waals surface area (Å²) in [6.07, 6.45) is -0.504. The smallest absolute Gasteiger partial charge is 0.328 e. The maximum absolute atomic E-state index is 12.9. The van der Waals surface area contributed by atoms with E-state index in [0.717, 1.165) is 12.0 Å². The minimum atomic E-state index is -3.86. The molecule has 0 unspecified atom stereocenters. The Morgan fingerprint density at radius 2 is 1.92 bits per heavy atom. The number of ether oxygens (including phenoxy) is 1. The van der Waals surface area contributed by atoms with E-state index in [9.17, 15) is 22.8 Å². The van der Waals surface area contributed by atoms with Crippen molar-refractivity contribution in [1.29, 1.82) is 0 Å². The summed E-state index contributed by atoms with van der Waals surface area (Å²) in [7, 11) is -2.70. The first kappa shape index (κ1) is 19.4. The van der Waals surface area contributed by atoms with Crippen molar-refractivity contribution in [2.45, 2.75) is 36.0 Å². The Hall–Kier alpha value is -1.93. The van der Waals surface area contributed by atoms with Crippen LogP contribution in [-0.2, 0) is 29.0 Å². The molecular weight excluding hydrogens is 370 g/mol. The normalized spacial score (nSPS) is 20.4. The van der Waals surface area contributed by atoms with Gasteiger partial charge in [-0.2, -0.15) is 0 Å². The molecule has 0 N–H and O–H groups in total. The molecule has 1 aliphatic rings. The van der Waals surface area contributed by atoms with Gasteiger partial charge in [-0.25, -0.2) is 13.2 Å². The molecule has 7 nitrogen and oxygen atoms in total. The van der Waals surface area contributed by atoms with Gasteiger partial charge in [0.05, 0.1) is 28.7 Å². The van der Waals surface area contributed by atoms with Gasteiger partial charge in [0.25, 0.3) is 0 Å². The molecule has 2 atom stereocenters. The van der Waals surface area contributed by atoms with Gasteiger partial charge < -0.3 is 9.64 Å². The third-order valence-corrected chi connectivity index (χ3v) is 6.67. The average Bonchev–Trinajstić information content (AvgIpc) is 3.00. The number of methoxy groups -OCH3 is 1. The summed E-state index contributed by atoms with van der Waals surface area (Å²) in [4.78, 5) is 36.5. The number of sulfone groups is 1. The van der Waals surface area contributed by atoms with E-state index in [1.165, 1.54) is 19.1 Å². The molecule has 0 spiro atoms. The molecule has 0 bridgehead atoms. The van der Waals surface area contributed by atoms with Crippen LogP contribution in [0, 0.1) is 0 Å². The van der Waals surface area contributed by atoms with Gasteiger partial charge in [-0.1, -0.05) is 23.7 Å². The lowest BCUT2D eigenvalue weighted by atomic mass is 10.2. The highest BCUT2D eigenvalue weighted by Crippen LogP contribution is 2.32. The van der Waals surface area contributed by atoms with Crippen LogP contribution < -0.4 is 0 Å². The van der Waals surface area contributed by atoms with Gasteiger partial charge in [-0.05, 0) is 25.5 Å². The van der Waals surface area contributed by atoms with E-state index in [4.69, 9.17) is 11.6 Å². The molecule has 1 heterocycles. The summed E-state index contributed by atoms with van der Waals surface area (Å²) in [5.74, 6) is -1.68. The maximum Gasteiger partial charge on any atom is 0.328 e. The Labute approximate surface area is 150 Å². The highest BCUT2D eigenvalue weighted by Gasteiger charge is 2.46. The highest BCUT2D eigenvalue weighted by atomic mass is 35.5. The number of rotatable bonds is 5. The number of Topliss-reactive ketones (excluding diaryl/α,β-unsaturated/α-hetero) is 1. The van der Waals surface area contributed by atoms with E-state index in [2.05, 4.69) is 4.74 Å². The predicted molar refractivity (Wildman–Crippen MR) is 89.9 cm³/mol. The zero-order valence-electron chi connectivity index (χ0n) is 13.8. The molecule has 9 heteroatoms. The van der Waals surface area contributed by atoms with Gasteiger partial charge >= 0.3 is 5.97 Å². The summed E-state index contributed by atoms with van der Waals surface area (Å²) in [6, 6.07) is 4.95. The monoisotopic (exact) mass is 387 g/mol. The molecule has 1 aromatic carbocycles. The van der Waals surface area contributed by atoms with Crippen LogP contribution in [0.15, 0.2) is 29.2 Å². The molecule has 136 valence electrons. The van der Waals surface area contributed by atoms with Crippen molar-refractivity contribution >= 4 is 39.1 Å². The molecule has 1 aromatic rings. The number of hydrogen-bond donors (Lipinski definition) is 0. The molecule has 1 saturated heterocycles. The van der Waals surface area contributed by atoms with Gasteiger partial charge in [0.2, 0.25) is 5.91 Å². The number of benzene rings is 1. The van der Waals surface area contributed by atoms with Crippen molar-refractivity contribution in [2.75, 3.05) is 13.7 Å². The number of halogens is 1. The molecule has 1 fully saturated rings. The number of nitrogens with zero attached hydrogens (tertiary/aromatic N) is 1. The van der Waals surface area contributed by atoms with Crippen molar-refractivity contribution in [3.8, 4) is 0 Å². The Morgan fingerprint density at radius 3 is 2.48 bits per heavy atom. The zero-order chi connectivity index (χ0) is 18.8. The van der Waals surface area contributed by atoms with Crippen LogP contribution in [0.25, 0.3) is 0 Å². The first-order valence-electron chi connectivity index (χ1n) is 7.53. The van der Waals surface area contributed by atoms with Crippen molar-refractivity contribution in [3.63, 3.8) is 0 Å². The number of carbonyl (C=O) groups is 3. The van der Waals surface area contributed by atoms with Gasteiger partial charge in [-0.3, -0.25) is 9.59 Å². The lowest BCUT2D eigenvalue weighted by Gasteiger charge is -2.22. The number of carbonyl (C=O) groups excluding carboxylic acids is 3. The molecule has 0 aromatic heterocycles. The Balaban J connectivity index is 2.35. The van der Waals surface area contributed by atoms with Crippen LogP contribution in [0.5, 0.6) is 0 Å². The highest BCUT2D eigenvalue weighted by molar-refractivity contribution is 7.92. The quantitative estimate of drug-likeness (QED) is 0.556. The van der Waals surface area contributed by atoms with Crippen molar-refractivity contribution in [2.24, 2.45) is 0 Å². The SMILES string of the molecule is COC(=O)[C@@H]1C[C@@H](S(=O)(=O)c2ccccc2Cl)CN1C(=O)CC(C)=O. The number of hydrogen-bond acceptors (Lipinski definition) is 6. The summed E-state index contributed by atoms with van der Waals surface area (Å²) >= 11 is 5.99. The summed E-state index contributed by atoms with van der Waals surface area (Å²) in [5, 5.41) is -0.932. The summed E-state index contributed by atoms with van der Waals surface area (Å²) in [5.41, 5.74) is 0. The average molecular weight is 388 g/mol. The van der Waals surface area contributed by atoms with E-state index in [1.807, 2.05) is 0 Å². The van der Waals surface area contributed by atoms with Gasteiger partial charge in [0, 0.05) is 6.54 Å². The third-order valence-electron chi connectivity index (χ3n) is 4.04. The van der Waals surface area contributed by atoms with Crippen molar-refractivity contribution in [1.82, 2.24) is 4.90 Å². The number of amides is 1. The van der Waals surface area contributed by atoms with Gasteiger partial charge in [0.1, 0.15) is 11.8 Å². The minimum Gasteiger partial charge on any atom is -0.467 e. The molecule has 2 rings (SSSR count). The first-order valence-corrected chi connectivity index (χ1v) is 9.46. The Bertz CT molecular complexity index is 807. The summed E-state index contributed by atoms with van der Waals surface area (Å²) < 4.78 is 30.4. The van der Waals surface area contributed by atoms with Crippen LogP contribution in [-0.4, -0.2) is 55.9 Å². The Kier molecular flexibility index (Phi) is 5.84. The number of likely N-dealkylation sites (tertiary alicyclic amines) is 1. The van der Waals surface area contributed by atoms with E-state index >= 15 is 0 Å². The topological polar surface area (TPSA) is 97.8 Å². The third kappa shape index (κ3) is 4.01. The van der Waals surface area contributed by atoms with Crippen LogP contribution in [0.4, 0.5) is 0 Å². The van der Waals surface area contributed by atoms with Crippen LogP contribution in [0.1, 0.15) is 19.8 Å². The van der Waals surface area contributed by atoms with Gasteiger partial charge in [-0.15, -0.1) is 0 Å². The van der Waals surface area contributed by atoms with Crippen molar-refractivity contribution in [3.05, 3.63) is 29.3 Å². The first-order chi connectivity index (χ1) is 11.7. The molecule has 0 saturated carbocycles. The largest absolute Gasteiger partial charge is 0.467 e. The second-order valence-electron chi connectivity index (χ2n) is 5.80. The maximum atomic E-state index is 12.9. The second kappa shape index (κ2) is 7.53. The minimum absolute atomic E-state index is 0.0499. The van der Waals surface area contributed by atoms with E-state index in [1.54, 1.807) is 12.1 Å². The second-order valence-corrected chi connectivity index (χ2v) is 8.40. The van der Waals surface area contributed by atoms with Crippen LogP contribution in [0.2, 0.25) is 5.02 Å².